The molecule has 0 aliphatic heterocycles. The summed E-state index contributed by atoms with van der Waals surface area (Å²) >= 11 is 0. The van der Waals surface area contributed by atoms with Gasteiger partial charge in [-0.2, -0.15) is 0 Å². The van der Waals surface area contributed by atoms with Crippen LogP contribution >= 0.6 is 0 Å². The van der Waals surface area contributed by atoms with Crippen LogP contribution in [0, 0.1) is 0 Å². The Morgan fingerprint density at radius 3 is 1.75 bits per heavy atom. The Hall–Kier alpha value is 1.71. The van der Waals surface area contributed by atoms with Gasteiger partial charge in [0.2, 0.25) is 0 Å². The fourth-order valence-electron chi connectivity index (χ4n) is 0.864. The van der Waals surface area contributed by atoms with Crippen molar-refractivity contribution in [3.05, 3.63) is 0 Å². The van der Waals surface area contributed by atoms with Gasteiger partial charge in [0.1, 0.15) is 0 Å². The van der Waals surface area contributed by atoms with Crippen LogP contribution in [0.25, 0.3) is 0 Å². The predicted molar refractivity (Wildman–Crippen MR) is 46.7 cm³/mol. The zero-order valence-corrected chi connectivity index (χ0v) is 12.5. The molecule has 0 spiro atoms. The van der Waals surface area contributed by atoms with E-state index in [4.69, 9.17) is 0 Å². The molecule has 0 amide bonds. The molecule has 12 heavy (non-hydrogen) atoms. The molecule has 0 atom stereocenters. The number of halogens is 3. The molecular weight excluding hydrogens is 207 g/mol. The van der Waals surface area contributed by atoms with Crippen molar-refractivity contribution in [1.82, 2.24) is 0 Å². The second kappa shape index (κ2) is 6.24. The van der Waals surface area contributed by atoms with E-state index < -0.39 is 21.4 Å². The van der Waals surface area contributed by atoms with Crippen LogP contribution in [0.15, 0.2) is 0 Å². The smallest absolute Gasteiger partial charge is 0.449 e. The van der Waals surface area contributed by atoms with E-state index in [2.05, 4.69) is 19.6 Å². The molecule has 0 aromatic carbocycles. The van der Waals surface area contributed by atoms with Gasteiger partial charge >= 0.3 is 58.4 Å². The molecule has 0 aromatic heterocycles. The minimum atomic E-state index is -4.53. The van der Waals surface area contributed by atoms with Crippen molar-refractivity contribution < 1.29 is 64.3 Å². The maximum Gasteiger partial charge on any atom is 1.00 e. The SMILES string of the molecule is C[Si](C)(C)CCC[B-](F)(F)F.[K+]. The van der Waals surface area contributed by atoms with Crippen molar-refractivity contribution in [2.75, 3.05) is 0 Å². The predicted octanol–water partition coefficient (Wildman–Crippen LogP) is 0.566. The van der Waals surface area contributed by atoms with E-state index in [0.29, 0.717) is 6.42 Å². The van der Waals surface area contributed by atoms with Crippen molar-refractivity contribution in [2.45, 2.75) is 38.4 Å². The summed E-state index contributed by atoms with van der Waals surface area (Å²) in [6, 6.07) is 0.786. The van der Waals surface area contributed by atoms with Gasteiger partial charge in [0.05, 0.1) is 0 Å². The van der Waals surface area contributed by atoms with Gasteiger partial charge in [0.25, 0.3) is 0 Å². The van der Waals surface area contributed by atoms with Gasteiger partial charge in [0, 0.05) is 8.07 Å². The molecule has 0 fully saturated rings. The second-order valence-electron chi connectivity index (χ2n) is 4.16. The topological polar surface area (TPSA) is 0 Å². The summed E-state index contributed by atoms with van der Waals surface area (Å²) < 4.78 is 35.1. The van der Waals surface area contributed by atoms with E-state index in [9.17, 15) is 12.9 Å². The molecule has 6 heteroatoms. The molecule has 0 rings (SSSR count). The monoisotopic (exact) mass is 222 g/mol. The van der Waals surface area contributed by atoms with E-state index in [0.717, 1.165) is 6.04 Å². The summed E-state index contributed by atoms with van der Waals surface area (Å²) in [6.45, 7) is 1.75. The van der Waals surface area contributed by atoms with E-state index in [-0.39, 0.29) is 51.4 Å². The van der Waals surface area contributed by atoms with Crippen LogP contribution in [-0.2, 0) is 0 Å². The van der Waals surface area contributed by atoms with Crippen LogP contribution in [0.2, 0.25) is 32.0 Å². The van der Waals surface area contributed by atoms with E-state index in [1.807, 2.05) is 0 Å². The van der Waals surface area contributed by atoms with Crippen LogP contribution in [0.5, 0.6) is 0 Å². The summed E-state index contributed by atoms with van der Waals surface area (Å²) in [5.41, 5.74) is 0. The fraction of sp³-hybridized carbons (Fsp3) is 1.00. The van der Waals surface area contributed by atoms with Gasteiger partial charge in [-0.15, -0.1) is 0 Å². The first-order valence-corrected chi connectivity index (χ1v) is 7.62. The summed E-state index contributed by atoms with van der Waals surface area (Å²) in [5, 5.41) is 0. The van der Waals surface area contributed by atoms with Crippen LogP contribution in [-0.4, -0.2) is 15.1 Å². The molecule has 0 nitrogen and oxygen atoms in total. The first-order chi connectivity index (χ1) is 4.71. The molecule has 0 aliphatic rings. The number of hydrogen-bond donors (Lipinski definition) is 0. The van der Waals surface area contributed by atoms with Crippen molar-refractivity contribution in [3.63, 3.8) is 0 Å². The Morgan fingerprint density at radius 2 is 1.50 bits per heavy atom. The molecule has 0 unspecified atom stereocenters. The molecule has 0 radical (unpaired) electrons. The average molecular weight is 222 g/mol. The largest absolute Gasteiger partial charge is 1.00 e. The Morgan fingerprint density at radius 1 is 1.08 bits per heavy atom. The second-order valence-corrected chi connectivity index (χ2v) is 9.78. The van der Waals surface area contributed by atoms with Crippen molar-refractivity contribution in [2.24, 2.45) is 0 Å². The van der Waals surface area contributed by atoms with Crippen molar-refractivity contribution in [1.29, 1.82) is 0 Å². The van der Waals surface area contributed by atoms with Gasteiger partial charge in [-0.1, -0.05) is 38.4 Å². The molecule has 0 heterocycles. The van der Waals surface area contributed by atoms with Crippen molar-refractivity contribution >= 4 is 15.1 Å². The van der Waals surface area contributed by atoms with E-state index in [1.165, 1.54) is 0 Å². The normalized spacial score (nSPS) is 12.5. The third-order valence-electron chi connectivity index (χ3n) is 1.46. The third-order valence-corrected chi connectivity index (χ3v) is 3.31. The van der Waals surface area contributed by atoms with Gasteiger partial charge in [-0.05, 0) is 0 Å². The quantitative estimate of drug-likeness (QED) is 0.610. The molecule has 0 saturated carbocycles. The molecule has 0 N–H and O–H groups in total. The molecule has 0 saturated heterocycles. The van der Waals surface area contributed by atoms with Gasteiger partial charge in [-0.25, -0.2) is 0 Å². The molecule has 68 valence electrons. The summed E-state index contributed by atoms with van der Waals surface area (Å²) in [4.78, 5) is 0. The number of hydrogen-bond acceptors (Lipinski definition) is 0. The molecule has 0 aromatic rings. The van der Waals surface area contributed by atoms with Crippen molar-refractivity contribution in [3.8, 4) is 0 Å². The minimum Gasteiger partial charge on any atom is -0.449 e. The Bertz CT molecular complexity index is 107. The Labute approximate surface area is 116 Å². The first-order valence-electron chi connectivity index (χ1n) is 3.92. The van der Waals surface area contributed by atoms with Gasteiger partial charge < -0.3 is 12.9 Å². The summed E-state index contributed by atoms with van der Waals surface area (Å²) in [6.07, 6.45) is -0.219. The van der Waals surface area contributed by atoms with Crippen LogP contribution < -0.4 is 51.4 Å². The Balaban J connectivity index is 0. The molecule has 0 bridgehead atoms. The maximum atomic E-state index is 11.7. The zero-order chi connectivity index (χ0) is 9.12. The third kappa shape index (κ3) is 14.2. The fourth-order valence-corrected chi connectivity index (χ4v) is 2.13. The molecule has 0 aliphatic carbocycles. The summed E-state index contributed by atoms with van der Waals surface area (Å²) in [5.74, 6) is 0. The Kier molecular flexibility index (Phi) is 8.40. The number of rotatable bonds is 4. The maximum absolute atomic E-state index is 11.7. The first kappa shape index (κ1) is 16.1. The zero-order valence-electron chi connectivity index (χ0n) is 8.33. The van der Waals surface area contributed by atoms with E-state index >= 15 is 0 Å². The average Bonchev–Trinajstić information content (AvgIpc) is 1.55. The molecular formula is C6H15BF3KSi. The van der Waals surface area contributed by atoms with E-state index in [1.54, 1.807) is 0 Å². The van der Waals surface area contributed by atoms with Crippen LogP contribution in [0.1, 0.15) is 6.42 Å². The van der Waals surface area contributed by atoms with Gasteiger partial charge in [0.15, 0.2) is 0 Å². The van der Waals surface area contributed by atoms with Crippen LogP contribution in [0.3, 0.4) is 0 Å². The van der Waals surface area contributed by atoms with Gasteiger partial charge in [-0.3, -0.25) is 0 Å². The standard InChI is InChI=1S/C6H15BF3Si.K/c1-11(2,3)6-4-5-7(8,9)10;/h4-6H2,1-3H3;/q-1;+1. The minimum absolute atomic E-state index is 0. The summed E-state index contributed by atoms with van der Waals surface area (Å²) in [7, 11) is -1.25. The van der Waals surface area contributed by atoms with Crippen LogP contribution in [0.4, 0.5) is 12.9 Å².